The van der Waals surface area contributed by atoms with Crippen molar-refractivity contribution in [3.05, 3.63) is 30.1 Å². The molecule has 0 atom stereocenters. The predicted molar refractivity (Wildman–Crippen MR) is 63.4 cm³/mol. The van der Waals surface area contributed by atoms with Crippen molar-refractivity contribution in [2.75, 3.05) is 6.54 Å². The van der Waals surface area contributed by atoms with E-state index in [-0.39, 0.29) is 11.7 Å². The minimum atomic E-state index is -0.653. The van der Waals surface area contributed by atoms with Crippen molar-refractivity contribution in [2.24, 2.45) is 0 Å². The van der Waals surface area contributed by atoms with Crippen LogP contribution < -0.4 is 0 Å². The molecule has 0 aromatic carbocycles. The van der Waals surface area contributed by atoms with Crippen molar-refractivity contribution in [3.63, 3.8) is 0 Å². The monoisotopic (exact) mass is 232 g/mol. The van der Waals surface area contributed by atoms with Gasteiger partial charge in [0.1, 0.15) is 0 Å². The van der Waals surface area contributed by atoms with Gasteiger partial charge in [0.25, 0.3) is 0 Å². The number of nitrogens with zero attached hydrogens (tertiary/aromatic N) is 2. The molecular weight excluding hydrogens is 216 g/mol. The Balaban J connectivity index is 2.09. The van der Waals surface area contributed by atoms with Crippen LogP contribution in [0.4, 0.5) is 0 Å². The van der Waals surface area contributed by atoms with Crippen molar-refractivity contribution >= 4 is 11.7 Å². The quantitative estimate of drug-likeness (QED) is 0.770. The van der Waals surface area contributed by atoms with Crippen LogP contribution in [0.3, 0.4) is 0 Å². The van der Waals surface area contributed by atoms with Gasteiger partial charge < -0.3 is 4.90 Å². The average Bonchev–Trinajstić information content (AvgIpc) is 2.55. The minimum absolute atomic E-state index is 0.00569. The van der Waals surface area contributed by atoms with Gasteiger partial charge in [0.15, 0.2) is 5.78 Å². The molecule has 0 bridgehead atoms. The molecule has 1 aromatic heterocycles. The third-order valence-corrected chi connectivity index (χ3v) is 3.30. The number of carbonyl (C=O) groups is 2. The Bertz CT molecular complexity index is 440. The van der Waals surface area contributed by atoms with Crippen LogP contribution in [0.15, 0.2) is 24.5 Å². The van der Waals surface area contributed by atoms with Gasteiger partial charge in [0, 0.05) is 25.4 Å². The average molecular weight is 232 g/mol. The molecule has 0 aliphatic carbocycles. The highest BCUT2D eigenvalue weighted by molar-refractivity contribution is 5.95. The van der Waals surface area contributed by atoms with Crippen LogP contribution in [0.1, 0.15) is 25.8 Å². The topological polar surface area (TPSA) is 50.3 Å². The van der Waals surface area contributed by atoms with E-state index in [0.29, 0.717) is 19.4 Å². The summed E-state index contributed by atoms with van der Waals surface area (Å²) in [5.74, 6) is 0.130. The van der Waals surface area contributed by atoms with E-state index in [4.69, 9.17) is 0 Å². The van der Waals surface area contributed by atoms with Crippen LogP contribution in [0.2, 0.25) is 0 Å². The van der Waals surface area contributed by atoms with E-state index in [1.165, 1.54) is 0 Å². The molecular formula is C13H16N2O2. The molecule has 1 saturated heterocycles. The summed E-state index contributed by atoms with van der Waals surface area (Å²) in [6, 6.07) is 3.68. The molecule has 2 heterocycles. The van der Waals surface area contributed by atoms with E-state index in [1.807, 2.05) is 26.0 Å². The second-order valence-corrected chi connectivity index (χ2v) is 4.82. The lowest BCUT2D eigenvalue weighted by Crippen LogP contribution is -2.46. The lowest BCUT2D eigenvalue weighted by molar-refractivity contribution is -0.138. The van der Waals surface area contributed by atoms with Crippen LogP contribution in [0.25, 0.3) is 0 Å². The molecule has 17 heavy (non-hydrogen) atoms. The highest BCUT2D eigenvalue weighted by atomic mass is 16.2. The van der Waals surface area contributed by atoms with Gasteiger partial charge >= 0.3 is 0 Å². The second-order valence-electron chi connectivity index (χ2n) is 4.82. The van der Waals surface area contributed by atoms with E-state index in [2.05, 4.69) is 4.98 Å². The van der Waals surface area contributed by atoms with Crippen LogP contribution in [-0.2, 0) is 16.0 Å². The zero-order chi connectivity index (χ0) is 12.5. The summed E-state index contributed by atoms with van der Waals surface area (Å²) in [7, 11) is 0. The van der Waals surface area contributed by atoms with Crippen molar-refractivity contribution in [1.29, 1.82) is 0 Å². The molecule has 0 N–H and O–H groups in total. The number of hydrogen-bond donors (Lipinski definition) is 0. The highest BCUT2D eigenvalue weighted by Gasteiger charge is 2.42. The third kappa shape index (κ3) is 2.20. The first-order chi connectivity index (χ1) is 8.01. The maximum absolute atomic E-state index is 12.1. The fourth-order valence-corrected chi connectivity index (χ4v) is 2.16. The summed E-state index contributed by atoms with van der Waals surface area (Å²) in [5.41, 5.74) is 0.229. The summed E-state index contributed by atoms with van der Waals surface area (Å²) in [6.45, 7) is 4.15. The van der Waals surface area contributed by atoms with Crippen molar-refractivity contribution in [1.82, 2.24) is 9.88 Å². The molecule has 2 rings (SSSR count). The van der Waals surface area contributed by atoms with Crippen LogP contribution in [-0.4, -0.2) is 33.7 Å². The number of aromatic nitrogens is 1. The second kappa shape index (κ2) is 4.28. The van der Waals surface area contributed by atoms with Gasteiger partial charge in [0.2, 0.25) is 5.91 Å². The first kappa shape index (κ1) is 11.8. The van der Waals surface area contributed by atoms with Gasteiger partial charge in [-0.15, -0.1) is 0 Å². The number of hydrogen-bond acceptors (Lipinski definition) is 3. The number of Topliss-reactive ketones (excluding diaryl/α,β-unsaturated/α-hetero) is 1. The largest absolute Gasteiger partial charge is 0.330 e. The van der Waals surface area contributed by atoms with Crippen LogP contribution >= 0.6 is 0 Å². The summed E-state index contributed by atoms with van der Waals surface area (Å²) < 4.78 is 0. The van der Waals surface area contributed by atoms with Gasteiger partial charge in [-0.05, 0) is 25.5 Å². The fraction of sp³-hybridized carbons (Fsp3) is 0.462. The minimum Gasteiger partial charge on any atom is -0.330 e. The molecule has 4 nitrogen and oxygen atoms in total. The van der Waals surface area contributed by atoms with Gasteiger partial charge in [-0.2, -0.15) is 0 Å². The number of amides is 1. The molecule has 4 heteroatoms. The fourth-order valence-electron chi connectivity index (χ4n) is 2.16. The van der Waals surface area contributed by atoms with E-state index in [1.54, 1.807) is 17.3 Å². The van der Waals surface area contributed by atoms with Crippen molar-refractivity contribution < 1.29 is 9.59 Å². The first-order valence-electron chi connectivity index (χ1n) is 5.74. The Kier molecular flexibility index (Phi) is 2.96. The molecule has 1 fully saturated rings. The molecule has 1 aliphatic heterocycles. The first-order valence-corrected chi connectivity index (χ1v) is 5.74. The predicted octanol–water partition coefficient (Wildman–Crippen LogP) is 1.20. The summed E-state index contributed by atoms with van der Waals surface area (Å²) in [5, 5.41) is 0. The number of ketones is 1. The maximum Gasteiger partial charge on any atom is 0.227 e. The molecule has 0 radical (unpaired) electrons. The smallest absolute Gasteiger partial charge is 0.227 e. The molecule has 0 saturated carbocycles. The zero-order valence-corrected chi connectivity index (χ0v) is 10.1. The Labute approximate surface area is 101 Å². The lowest BCUT2D eigenvalue weighted by atomic mass is 10.00. The Morgan fingerprint density at radius 2 is 2.29 bits per heavy atom. The summed E-state index contributed by atoms with van der Waals surface area (Å²) in [6.07, 6.45) is 4.14. The Morgan fingerprint density at radius 1 is 1.53 bits per heavy atom. The Hall–Kier alpha value is -1.71. The molecule has 1 aliphatic rings. The molecule has 1 aromatic rings. The summed E-state index contributed by atoms with van der Waals surface area (Å²) >= 11 is 0. The van der Waals surface area contributed by atoms with E-state index in [0.717, 1.165) is 5.56 Å². The van der Waals surface area contributed by atoms with Crippen molar-refractivity contribution in [2.45, 2.75) is 32.2 Å². The third-order valence-electron chi connectivity index (χ3n) is 3.30. The molecule has 0 unspecified atom stereocenters. The van der Waals surface area contributed by atoms with E-state index >= 15 is 0 Å². The maximum atomic E-state index is 12.1. The van der Waals surface area contributed by atoms with Crippen LogP contribution in [0.5, 0.6) is 0 Å². The van der Waals surface area contributed by atoms with Gasteiger partial charge in [0.05, 0.1) is 12.0 Å². The SMILES string of the molecule is CC1(C)C(=O)CCN1C(=O)Cc1cccnc1. The standard InChI is InChI=1S/C13H16N2O2/c1-13(2)11(16)5-7-15(13)12(17)8-10-4-3-6-14-9-10/h3-4,6,9H,5,7-8H2,1-2H3. The number of likely N-dealkylation sites (tertiary alicyclic amines) is 1. The normalized spacial score (nSPS) is 18.5. The highest BCUT2D eigenvalue weighted by Crippen LogP contribution is 2.25. The lowest BCUT2D eigenvalue weighted by Gasteiger charge is -2.30. The van der Waals surface area contributed by atoms with Crippen molar-refractivity contribution in [3.8, 4) is 0 Å². The van der Waals surface area contributed by atoms with Crippen LogP contribution in [0, 0.1) is 0 Å². The molecule has 1 amide bonds. The van der Waals surface area contributed by atoms with E-state index in [9.17, 15) is 9.59 Å². The number of pyridine rings is 1. The zero-order valence-electron chi connectivity index (χ0n) is 10.1. The number of carbonyl (C=O) groups excluding carboxylic acids is 2. The number of rotatable bonds is 2. The van der Waals surface area contributed by atoms with Gasteiger partial charge in [-0.25, -0.2) is 0 Å². The van der Waals surface area contributed by atoms with E-state index < -0.39 is 5.54 Å². The molecule has 90 valence electrons. The Morgan fingerprint density at radius 3 is 2.82 bits per heavy atom. The van der Waals surface area contributed by atoms with Gasteiger partial charge in [-0.3, -0.25) is 14.6 Å². The molecule has 0 spiro atoms. The summed E-state index contributed by atoms with van der Waals surface area (Å²) in [4.78, 5) is 29.4. The van der Waals surface area contributed by atoms with Gasteiger partial charge in [-0.1, -0.05) is 6.07 Å².